The van der Waals surface area contributed by atoms with Gasteiger partial charge in [-0.3, -0.25) is 0 Å². The second-order valence-corrected chi connectivity index (χ2v) is 3.48. The molecule has 0 aliphatic heterocycles. The highest BCUT2D eigenvalue weighted by Crippen LogP contribution is 2.36. The third-order valence-corrected chi connectivity index (χ3v) is 2.04. The van der Waals surface area contributed by atoms with E-state index < -0.39 is 23.4 Å². The average Bonchev–Trinajstić information content (AvgIpc) is 2.09. The fourth-order valence-electron chi connectivity index (χ4n) is 1.14. The van der Waals surface area contributed by atoms with Crippen LogP contribution in [0.5, 0.6) is 11.5 Å². The van der Waals surface area contributed by atoms with Gasteiger partial charge in [0.15, 0.2) is 11.5 Å². The first-order valence-corrected chi connectivity index (χ1v) is 4.38. The molecule has 0 aromatic heterocycles. The van der Waals surface area contributed by atoms with Crippen molar-refractivity contribution in [2.75, 3.05) is 0 Å². The lowest BCUT2D eigenvalue weighted by molar-refractivity contribution is 0.192. The summed E-state index contributed by atoms with van der Waals surface area (Å²) in [7, 11) is 0. The molecule has 0 spiro atoms. The van der Waals surface area contributed by atoms with Crippen LogP contribution >= 0.6 is 11.6 Å². The number of aromatic hydroxyl groups is 2. The minimum Gasteiger partial charge on any atom is -0.504 e. The molecule has 0 fully saturated rings. The van der Waals surface area contributed by atoms with Crippen molar-refractivity contribution in [3.8, 4) is 11.5 Å². The summed E-state index contributed by atoms with van der Waals surface area (Å²) in [5.74, 6) is -1.89. The van der Waals surface area contributed by atoms with Crippen LogP contribution in [-0.4, -0.2) is 21.4 Å². The predicted octanol–water partition coefficient (Wildman–Crippen LogP) is 1.81. The van der Waals surface area contributed by atoms with E-state index in [1.165, 1.54) is 6.92 Å². The molecule has 5 heteroatoms. The van der Waals surface area contributed by atoms with Crippen LogP contribution in [0.3, 0.4) is 0 Å². The summed E-state index contributed by atoms with van der Waals surface area (Å²) < 4.78 is 13.3. The molecule has 0 bridgehead atoms. The number of halogens is 2. The van der Waals surface area contributed by atoms with Crippen LogP contribution in [0.25, 0.3) is 0 Å². The third kappa shape index (κ3) is 2.08. The third-order valence-electron chi connectivity index (χ3n) is 1.77. The average molecular weight is 221 g/mol. The van der Waals surface area contributed by atoms with E-state index >= 15 is 0 Å². The molecule has 14 heavy (non-hydrogen) atoms. The molecule has 3 N–H and O–H groups in total. The predicted molar refractivity (Wildman–Crippen MR) is 50.1 cm³/mol. The molecular formula is C9H10ClFO3. The number of hydrogen-bond donors (Lipinski definition) is 3. The van der Waals surface area contributed by atoms with Gasteiger partial charge in [0.1, 0.15) is 5.82 Å². The van der Waals surface area contributed by atoms with Gasteiger partial charge in [-0.05, 0) is 6.92 Å². The highest BCUT2D eigenvalue weighted by atomic mass is 35.5. The number of phenolic OH excluding ortho intramolecular Hbond substituents is 2. The lowest BCUT2D eigenvalue weighted by Crippen LogP contribution is -2.06. The van der Waals surface area contributed by atoms with Gasteiger partial charge in [0, 0.05) is 18.1 Å². The van der Waals surface area contributed by atoms with Gasteiger partial charge in [-0.25, -0.2) is 4.39 Å². The van der Waals surface area contributed by atoms with Gasteiger partial charge in [0.25, 0.3) is 0 Å². The van der Waals surface area contributed by atoms with Crippen LogP contribution in [0.4, 0.5) is 4.39 Å². The van der Waals surface area contributed by atoms with Gasteiger partial charge in [-0.1, -0.05) is 11.6 Å². The van der Waals surface area contributed by atoms with Crippen LogP contribution in [0.15, 0.2) is 6.07 Å². The topological polar surface area (TPSA) is 60.7 Å². The number of aliphatic hydroxyl groups excluding tert-OH is 1. The zero-order valence-corrected chi connectivity index (χ0v) is 8.22. The molecule has 0 aliphatic carbocycles. The Bertz CT molecular complexity index is 326. The summed E-state index contributed by atoms with van der Waals surface area (Å²) in [6.45, 7) is 1.44. The summed E-state index contributed by atoms with van der Waals surface area (Å²) in [6, 6.07) is 0.914. The molecular weight excluding hydrogens is 211 g/mol. The van der Waals surface area contributed by atoms with Crippen molar-refractivity contribution < 1.29 is 19.7 Å². The molecule has 78 valence electrons. The molecule has 3 nitrogen and oxygen atoms in total. The first-order valence-electron chi connectivity index (χ1n) is 4.00. The molecule has 1 aromatic carbocycles. The Balaban J connectivity index is 3.25. The van der Waals surface area contributed by atoms with Crippen molar-refractivity contribution in [2.45, 2.75) is 19.4 Å². The largest absolute Gasteiger partial charge is 0.504 e. The van der Waals surface area contributed by atoms with E-state index in [0.717, 1.165) is 6.07 Å². The van der Waals surface area contributed by atoms with Gasteiger partial charge in [0.05, 0.1) is 11.1 Å². The Morgan fingerprint density at radius 2 is 2.07 bits per heavy atom. The fourth-order valence-corrected chi connectivity index (χ4v) is 1.35. The van der Waals surface area contributed by atoms with Crippen LogP contribution in [0, 0.1) is 5.82 Å². The van der Waals surface area contributed by atoms with Gasteiger partial charge in [0.2, 0.25) is 0 Å². The SMILES string of the molecule is CC(O)Cc1c(O)c(O)cc(Cl)c1F. The molecule has 1 rings (SSSR count). The number of rotatable bonds is 2. The van der Waals surface area contributed by atoms with E-state index in [0.29, 0.717) is 0 Å². The van der Waals surface area contributed by atoms with Crippen molar-refractivity contribution in [3.05, 3.63) is 22.5 Å². The van der Waals surface area contributed by atoms with E-state index in [1.54, 1.807) is 0 Å². The summed E-state index contributed by atoms with van der Waals surface area (Å²) in [5.41, 5.74) is -0.176. The van der Waals surface area contributed by atoms with Crippen LogP contribution in [-0.2, 0) is 6.42 Å². The summed E-state index contributed by atoms with van der Waals surface area (Å²) >= 11 is 5.45. The van der Waals surface area contributed by atoms with Gasteiger partial charge >= 0.3 is 0 Å². The minimum atomic E-state index is -0.826. The lowest BCUT2D eigenvalue weighted by Gasteiger charge is -2.10. The normalized spacial score (nSPS) is 12.9. The monoisotopic (exact) mass is 220 g/mol. The Hall–Kier alpha value is -1.00. The quantitative estimate of drug-likeness (QED) is 0.667. The van der Waals surface area contributed by atoms with Crippen molar-refractivity contribution in [1.29, 1.82) is 0 Å². The second kappa shape index (κ2) is 4.02. The molecule has 0 radical (unpaired) electrons. The molecule has 0 aliphatic rings. The number of benzene rings is 1. The summed E-state index contributed by atoms with van der Waals surface area (Å²) in [4.78, 5) is 0. The van der Waals surface area contributed by atoms with Crippen LogP contribution < -0.4 is 0 Å². The minimum absolute atomic E-state index is 0.105. The van der Waals surface area contributed by atoms with Gasteiger partial charge < -0.3 is 15.3 Å². The van der Waals surface area contributed by atoms with Gasteiger partial charge in [-0.2, -0.15) is 0 Å². The Morgan fingerprint density at radius 3 is 2.57 bits per heavy atom. The van der Waals surface area contributed by atoms with Gasteiger partial charge in [-0.15, -0.1) is 0 Å². The lowest BCUT2D eigenvalue weighted by atomic mass is 10.1. The Morgan fingerprint density at radius 1 is 1.50 bits per heavy atom. The van der Waals surface area contributed by atoms with E-state index in [-0.39, 0.29) is 17.0 Å². The fraction of sp³-hybridized carbons (Fsp3) is 0.333. The number of hydrogen-bond acceptors (Lipinski definition) is 3. The van der Waals surface area contributed by atoms with Crippen molar-refractivity contribution in [2.24, 2.45) is 0 Å². The maximum atomic E-state index is 13.3. The highest BCUT2D eigenvalue weighted by Gasteiger charge is 2.17. The Kier molecular flexibility index (Phi) is 3.18. The maximum absolute atomic E-state index is 13.3. The zero-order valence-electron chi connectivity index (χ0n) is 7.46. The first-order chi connectivity index (χ1) is 6.43. The van der Waals surface area contributed by atoms with Crippen LogP contribution in [0.2, 0.25) is 5.02 Å². The van der Waals surface area contributed by atoms with Crippen molar-refractivity contribution >= 4 is 11.6 Å². The number of phenols is 2. The van der Waals surface area contributed by atoms with E-state index in [2.05, 4.69) is 0 Å². The van der Waals surface area contributed by atoms with E-state index in [9.17, 15) is 9.50 Å². The zero-order chi connectivity index (χ0) is 10.9. The molecule has 1 unspecified atom stereocenters. The molecule has 0 saturated carbocycles. The molecule has 0 saturated heterocycles. The van der Waals surface area contributed by atoms with E-state index in [1.807, 2.05) is 0 Å². The van der Waals surface area contributed by atoms with Crippen LogP contribution in [0.1, 0.15) is 12.5 Å². The van der Waals surface area contributed by atoms with E-state index in [4.69, 9.17) is 21.8 Å². The summed E-state index contributed by atoms with van der Waals surface area (Å²) in [6.07, 6.45) is -0.931. The molecule has 0 amide bonds. The smallest absolute Gasteiger partial charge is 0.163 e. The Labute approximate surface area is 85.4 Å². The highest BCUT2D eigenvalue weighted by molar-refractivity contribution is 6.31. The first kappa shape index (κ1) is 11.1. The maximum Gasteiger partial charge on any atom is 0.163 e. The van der Waals surface area contributed by atoms with Crippen molar-refractivity contribution in [1.82, 2.24) is 0 Å². The molecule has 0 heterocycles. The van der Waals surface area contributed by atoms with Crippen molar-refractivity contribution in [3.63, 3.8) is 0 Å². The number of aliphatic hydroxyl groups is 1. The molecule has 1 aromatic rings. The second-order valence-electron chi connectivity index (χ2n) is 3.07. The standard InChI is InChI=1S/C9H10ClFO3/c1-4(12)2-5-8(11)6(10)3-7(13)9(5)14/h3-4,12-14H,2H2,1H3. The molecule has 1 atom stereocenters. The summed E-state index contributed by atoms with van der Waals surface area (Å²) in [5, 5.41) is 27.2.